The number of amides is 1. The third kappa shape index (κ3) is 4.58. The van der Waals surface area contributed by atoms with E-state index >= 15 is 0 Å². The Morgan fingerprint density at radius 2 is 1.68 bits per heavy atom. The summed E-state index contributed by atoms with van der Waals surface area (Å²) in [6, 6.07) is 8.63. The van der Waals surface area contributed by atoms with Gasteiger partial charge in [0.1, 0.15) is 23.7 Å². The summed E-state index contributed by atoms with van der Waals surface area (Å²) in [7, 11) is 0. The van der Waals surface area contributed by atoms with Gasteiger partial charge in [-0.15, -0.1) is 0 Å². The van der Waals surface area contributed by atoms with Crippen LogP contribution in [0.3, 0.4) is 0 Å². The topological polar surface area (TPSA) is 52.6 Å². The van der Waals surface area contributed by atoms with Crippen LogP contribution in [0.5, 0.6) is 0 Å². The van der Waals surface area contributed by atoms with E-state index in [1.807, 2.05) is 21.9 Å². The van der Waals surface area contributed by atoms with Gasteiger partial charge in [0.2, 0.25) is 0 Å². The van der Waals surface area contributed by atoms with E-state index < -0.39 is 0 Å². The zero-order chi connectivity index (χ0) is 19.9. The second kappa shape index (κ2) is 9.48. The second-order valence-electron chi connectivity index (χ2n) is 6.98. The van der Waals surface area contributed by atoms with Gasteiger partial charge in [-0.05, 0) is 25.0 Å². The van der Waals surface area contributed by atoms with E-state index in [9.17, 15) is 9.18 Å². The smallest absolute Gasteiger partial charge is 0.272 e. The molecule has 0 unspecified atom stereocenters. The van der Waals surface area contributed by atoms with Crippen molar-refractivity contribution in [3.63, 3.8) is 0 Å². The number of hydrogen-bond acceptors (Lipinski definition) is 5. The average Bonchev–Trinajstić information content (AvgIpc) is 2.74. The van der Waals surface area contributed by atoms with E-state index in [1.54, 1.807) is 12.1 Å². The minimum atomic E-state index is -0.196. The Labute approximate surface area is 166 Å². The lowest BCUT2D eigenvalue weighted by atomic mass is 10.2. The number of carbonyl (C=O) groups excluding carboxylic acids is 1. The van der Waals surface area contributed by atoms with Crippen LogP contribution in [0.15, 0.2) is 36.7 Å². The molecule has 0 bridgehead atoms. The van der Waals surface area contributed by atoms with Gasteiger partial charge in [-0.1, -0.05) is 26.0 Å². The van der Waals surface area contributed by atoms with Gasteiger partial charge in [-0.25, -0.2) is 14.4 Å². The van der Waals surface area contributed by atoms with Crippen molar-refractivity contribution in [1.29, 1.82) is 0 Å². The molecule has 1 aromatic heterocycles. The molecule has 0 radical (unpaired) electrons. The molecule has 28 heavy (non-hydrogen) atoms. The molecule has 6 nitrogen and oxygen atoms in total. The van der Waals surface area contributed by atoms with Crippen LogP contribution in [0, 0.1) is 5.82 Å². The van der Waals surface area contributed by atoms with Crippen LogP contribution in [-0.4, -0.2) is 60.0 Å². The lowest BCUT2D eigenvalue weighted by molar-refractivity contribution is 0.0749. The molecule has 0 aliphatic carbocycles. The fraction of sp³-hybridized carbons (Fsp3) is 0.476. The number of anilines is 2. The molecule has 2 heterocycles. The molecule has 3 rings (SSSR count). The Bertz CT molecular complexity index is 786. The summed E-state index contributed by atoms with van der Waals surface area (Å²) in [6.45, 7) is 8.42. The molecule has 0 saturated carbocycles. The third-order valence-corrected chi connectivity index (χ3v) is 4.94. The van der Waals surface area contributed by atoms with Crippen LogP contribution < -0.4 is 9.80 Å². The number of benzene rings is 1. The van der Waals surface area contributed by atoms with Crippen LogP contribution in [0.1, 0.15) is 37.2 Å². The van der Waals surface area contributed by atoms with Gasteiger partial charge < -0.3 is 14.7 Å². The fourth-order valence-corrected chi connectivity index (χ4v) is 3.54. The number of piperazine rings is 1. The Hall–Kier alpha value is -2.70. The minimum Gasteiger partial charge on any atom is -0.366 e. The summed E-state index contributed by atoms with van der Waals surface area (Å²) >= 11 is 0. The van der Waals surface area contributed by atoms with Crippen LogP contribution in [0.25, 0.3) is 0 Å². The Balaban J connectivity index is 1.68. The molecule has 0 spiro atoms. The van der Waals surface area contributed by atoms with E-state index in [1.165, 1.54) is 12.4 Å². The van der Waals surface area contributed by atoms with Crippen molar-refractivity contribution in [1.82, 2.24) is 14.9 Å². The van der Waals surface area contributed by atoms with Crippen molar-refractivity contribution in [2.75, 3.05) is 49.1 Å². The fourth-order valence-electron chi connectivity index (χ4n) is 3.54. The predicted octanol–water partition coefficient (Wildman–Crippen LogP) is 3.20. The van der Waals surface area contributed by atoms with E-state index in [0.29, 0.717) is 37.6 Å². The van der Waals surface area contributed by atoms with Crippen molar-refractivity contribution in [3.8, 4) is 0 Å². The number of hydrogen-bond donors (Lipinski definition) is 0. The summed E-state index contributed by atoms with van der Waals surface area (Å²) in [6.07, 6.45) is 3.30. The van der Waals surface area contributed by atoms with E-state index in [0.717, 1.165) is 31.7 Å². The Kier molecular flexibility index (Phi) is 6.79. The summed E-state index contributed by atoms with van der Waals surface area (Å²) < 4.78 is 14.0. The van der Waals surface area contributed by atoms with Crippen LogP contribution in [0.4, 0.5) is 15.9 Å². The van der Waals surface area contributed by atoms with Gasteiger partial charge in [-0.3, -0.25) is 4.79 Å². The van der Waals surface area contributed by atoms with Gasteiger partial charge in [-0.2, -0.15) is 0 Å². The molecular formula is C21H28FN5O. The molecule has 1 aliphatic rings. The van der Waals surface area contributed by atoms with Gasteiger partial charge in [0.05, 0.1) is 5.69 Å². The molecule has 150 valence electrons. The van der Waals surface area contributed by atoms with Crippen LogP contribution in [-0.2, 0) is 0 Å². The normalized spacial score (nSPS) is 14.2. The summed E-state index contributed by atoms with van der Waals surface area (Å²) in [5, 5.41) is 0. The minimum absolute atomic E-state index is 0.0441. The highest BCUT2D eigenvalue weighted by atomic mass is 19.1. The lowest BCUT2D eigenvalue weighted by Gasteiger charge is -2.36. The maximum Gasteiger partial charge on any atom is 0.272 e. The highest BCUT2D eigenvalue weighted by molar-refractivity contribution is 5.93. The Morgan fingerprint density at radius 3 is 2.32 bits per heavy atom. The summed E-state index contributed by atoms with van der Waals surface area (Å²) in [5.74, 6) is 0.509. The molecule has 0 N–H and O–H groups in total. The maximum atomic E-state index is 14.0. The van der Waals surface area contributed by atoms with Crippen LogP contribution >= 0.6 is 0 Å². The zero-order valence-electron chi connectivity index (χ0n) is 16.6. The van der Waals surface area contributed by atoms with Gasteiger partial charge in [0, 0.05) is 45.3 Å². The first-order chi connectivity index (χ1) is 13.6. The van der Waals surface area contributed by atoms with E-state index in [-0.39, 0.29) is 11.7 Å². The highest BCUT2D eigenvalue weighted by Crippen LogP contribution is 2.22. The Morgan fingerprint density at radius 1 is 1.04 bits per heavy atom. The van der Waals surface area contributed by atoms with Crippen LogP contribution in [0.2, 0.25) is 0 Å². The highest BCUT2D eigenvalue weighted by Gasteiger charge is 2.22. The van der Waals surface area contributed by atoms with Crippen molar-refractivity contribution < 1.29 is 9.18 Å². The van der Waals surface area contributed by atoms with Crippen molar-refractivity contribution in [3.05, 3.63) is 48.2 Å². The van der Waals surface area contributed by atoms with Crippen molar-refractivity contribution in [2.24, 2.45) is 0 Å². The van der Waals surface area contributed by atoms with Crippen molar-refractivity contribution in [2.45, 2.75) is 26.7 Å². The molecule has 1 fully saturated rings. The number of nitrogens with zero attached hydrogens (tertiary/aromatic N) is 5. The molecular weight excluding hydrogens is 357 g/mol. The predicted molar refractivity (Wildman–Crippen MR) is 109 cm³/mol. The average molecular weight is 385 g/mol. The first-order valence-corrected chi connectivity index (χ1v) is 9.99. The monoisotopic (exact) mass is 385 g/mol. The molecule has 1 aliphatic heterocycles. The number of rotatable bonds is 7. The zero-order valence-corrected chi connectivity index (χ0v) is 16.6. The largest absolute Gasteiger partial charge is 0.366 e. The second-order valence-corrected chi connectivity index (χ2v) is 6.98. The summed E-state index contributed by atoms with van der Waals surface area (Å²) in [5.41, 5.74) is 1.07. The first kappa shape index (κ1) is 20.0. The standard InChI is InChI=1S/C21H28FN5O/c1-3-9-27(10-4-2)21(28)18-15-20(24-16-23-18)26-13-11-25(12-14-26)19-8-6-5-7-17(19)22/h5-8,15-16H,3-4,9-14H2,1-2H3. The molecule has 2 aromatic rings. The van der Waals surface area contributed by atoms with Gasteiger partial charge >= 0.3 is 0 Å². The van der Waals surface area contributed by atoms with Gasteiger partial charge in [0.15, 0.2) is 0 Å². The first-order valence-electron chi connectivity index (χ1n) is 9.99. The van der Waals surface area contributed by atoms with E-state index in [4.69, 9.17) is 0 Å². The van der Waals surface area contributed by atoms with E-state index in [2.05, 4.69) is 28.7 Å². The molecule has 7 heteroatoms. The SMILES string of the molecule is CCCN(CCC)C(=O)c1cc(N2CCN(c3ccccc3F)CC2)ncn1. The number of para-hydroxylation sites is 1. The van der Waals surface area contributed by atoms with Gasteiger partial charge in [0.25, 0.3) is 5.91 Å². The summed E-state index contributed by atoms with van der Waals surface area (Å²) in [4.78, 5) is 27.4. The lowest BCUT2D eigenvalue weighted by Crippen LogP contribution is -2.47. The van der Waals surface area contributed by atoms with Crippen molar-refractivity contribution >= 4 is 17.4 Å². The number of halogens is 1. The molecule has 0 atom stereocenters. The number of carbonyl (C=O) groups is 1. The molecule has 1 saturated heterocycles. The number of aromatic nitrogens is 2. The maximum absolute atomic E-state index is 14.0. The third-order valence-electron chi connectivity index (χ3n) is 4.94. The molecule has 1 amide bonds. The quantitative estimate of drug-likeness (QED) is 0.733. The molecule has 1 aromatic carbocycles.